The van der Waals surface area contributed by atoms with Crippen molar-refractivity contribution in [3.63, 3.8) is 0 Å². The molecule has 1 saturated heterocycles. The number of amides is 1. The predicted octanol–water partition coefficient (Wildman–Crippen LogP) is 1.56. The number of thioether (sulfide) groups is 1. The van der Waals surface area contributed by atoms with Crippen molar-refractivity contribution in [1.29, 1.82) is 0 Å². The van der Waals surface area contributed by atoms with E-state index < -0.39 is 0 Å². The molecule has 1 amide bonds. The van der Waals surface area contributed by atoms with Gasteiger partial charge in [-0.3, -0.25) is 14.2 Å². The zero-order valence-corrected chi connectivity index (χ0v) is 15.3. The fourth-order valence-corrected chi connectivity index (χ4v) is 4.01. The Morgan fingerprint density at radius 2 is 2.29 bits per heavy atom. The van der Waals surface area contributed by atoms with E-state index in [1.54, 1.807) is 10.6 Å². The first-order valence-electron chi connectivity index (χ1n) is 8.49. The number of fused-ring (bicyclic) bond motifs is 1. The molecule has 2 aliphatic heterocycles. The maximum absolute atomic E-state index is 12.4. The fourth-order valence-electron chi connectivity index (χ4n) is 2.92. The topological polar surface area (TPSA) is 73.2 Å². The normalized spacial score (nSPS) is 23.8. The van der Waals surface area contributed by atoms with Crippen molar-refractivity contribution in [3.05, 3.63) is 22.1 Å². The van der Waals surface area contributed by atoms with Gasteiger partial charge in [-0.1, -0.05) is 32.5 Å². The molecule has 0 saturated carbocycles. The molecule has 3 heterocycles. The lowest BCUT2D eigenvalue weighted by Gasteiger charge is -2.26. The highest BCUT2D eigenvalue weighted by atomic mass is 32.2. The zero-order chi connectivity index (χ0) is 17.3. The number of hydrogen-bond donors (Lipinski definition) is 1. The van der Waals surface area contributed by atoms with Gasteiger partial charge in [-0.2, -0.15) is 0 Å². The van der Waals surface area contributed by atoms with E-state index in [0.717, 1.165) is 30.3 Å². The summed E-state index contributed by atoms with van der Waals surface area (Å²) in [5.74, 6) is 0.441. The van der Waals surface area contributed by atoms with E-state index in [1.165, 1.54) is 11.8 Å². The molecule has 1 N–H and O–H groups in total. The van der Waals surface area contributed by atoms with Crippen LogP contribution in [0.1, 0.15) is 39.3 Å². The second kappa shape index (κ2) is 6.88. The third-order valence-electron chi connectivity index (χ3n) is 4.46. The summed E-state index contributed by atoms with van der Waals surface area (Å²) in [6.45, 7) is 7.87. The smallest absolute Gasteiger partial charge is 0.254 e. The van der Waals surface area contributed by atoms with Crippen LogP contribution < -0.4 is 10.9 Å². The van der Waals surface area contributed by atoms with Crippen molar-refractivity contribution in [2.24, 2.45) is 5.92 Å². The molecular formula is C17H25N3O3S. The van der Waals surface area contributed by atoms with E-state index in [9.17, 15) is 9.59 Å². The highest BCUT2D eigenvalue weighted by molar-refractivity contribution is 7.99. The molecule has 0 aromatic carbocycles. The molecule has 24 heavy (non-hydrogen) atoms. The van der Waals surface area contributed by atoms with Gasteiger partial charge in [-0.25, -0.2) is 4.98 Å². The molecular weight excluding hydrogens is 326 g/mol. The molecule has 0 bridgehead atoms. The molecule has 0 aliphatic carbocycles. The Balaban J connectivity index is 1.67. The third-order valence-corrected chi connectivity index (χ3v) is 5.60. The average Bonchev–Trinajstić information content (AvgIpc) is 3.04. The molecule has 0 spiro atoms. The van der Waals surface area contributed by atoms with Crippen molar-refractivity contribution < 1.29 is 9.53 Å². The summed E-state index contributed by atoms with van der Waals surface area (Å²) in [7, 11) is 0. The molecule has 3 rings (SSSR count). The minimum atomic E-state index is -0.205. The predicted molar refractivity (Wildman–Crippen MR) is 93.4 cm³/mol. The lowest BCUT2D eigenvalue weighted by Crippen LogP contribution is -2.42. The van der Waals surface area contributed by atoms with Crippen molar-refractivity contribution in [2.45, 2.75) is 56.8 Å². The van der Waals surface area contributed by atoms with E-state index in [0.29, 0.717) is 18.8 Å². The van der Waals surface area contributed by atoms with Crippen LogP contribution in [0, 0.1) is 5.92 Å². The first kappa shape index (κ1) is 17.5. The number of carbonyl (C=O) groups is 1. The number of rotatable bonds is 3. The van der Waals surface area contributed by atoms with Crippen LogP contribution >= 0.6 is 11.8 Å². The Morgan fingerprint density at radius 1 is 1.50 bits per heavy atom. The monoisotopic (exact) mass is 351 g/mol. The molecule has 7 heteroatoms. The molecule has 132 valence electrons. The first-order valence-corrected chi connectivity index (χ1v) is 9.47. The number of nitrogens with one attached hydrogen (secondary N) is 1. The van der Waals surface area contributed by atoms with Gasteiger partial charge in [-0.05, 0) is 12.8 Å². The van der Waals surface area contributed by atoms with Crippen molar-refractivity contribution in [3.8, 4) is 0 Å². The second-order valence-electron chi connectivity index (χ2n) is 7.51. The van der Waals surface area contributed by atoms with Crippen LogP contribution in [-0.2, 0) is 21.5 Å². The first-order chi connectivity index (χ1) is 11.3. The van der Waals surface area contributed by atoms with Crippen LogP contribution in [0.25, 0.3) is 0 Å². The van der Waals surface area contributed by atoms with Gasteiger partial charge >= 0.3 is 0 Å². The summed E-state index contributed by atoms with van der Waals surface area (Å²) in [6.07, 6.45) is 2.20. The van der Waals surface area contributed by atoms with E-state index in [2.05, 4.69) is 10.3 Å². The molecule has 2 atom stereocenters. The number of nitrogens with zero attached hydrogens (tertiary/aromatic N) is 2. The summed E-state index contributed by atoms with van der Waals surface area (Å²) in [5.41, 5.74) is 0.562. The quantitative estimate of drug-likeness (QED) is 0.837. The Hall–Kier alpha value is -1.34. The number of hydrogen-bond acceptors (Lipinski definition) is 5. The number of ether oxygens (including phenoxy) is 1. The summed E-state index contributed by atoms with van der Waals surface area (Å²) in [4.78, 5) is 29.4. The van der Waals surface area contributed by atoms with Gasteiger partial charge in [-0.15, -0.1) is 0 Å². The molecule has 0 unspecified atom stereocenters. The third kappa shape index (κ3) is 3.83. The molecule has 1 fully saturated rings. The van der Waals surface area contributed by atoms with Crippen molar-refractivity contribution in [2.75, 3.05) is 18.9 Å². The van der Waals surface area contributed by atoms with Gasteiger partial charge in [0.1, 0.15) is 0 Å². The van der Waals surface area contributed by atoms with Gasteiger partial charge in [0.2, 0.25) is 5.91 Å². The van der Waals surface area contributed by atoms with Crippen molar-refractivity contribution >= 4 is 17.7 Å². The van der Waals surface area contributed by atoms with Gasteiger partial charge in [0.15, 0.2) is 5.16 Å². The Morgan fingerprint density at radius 3 is 2.96 bits per heavy atom. The Bertz CT molecular complexity index is 675. The van der Waals surface area contributed by atoms with Crippen LogP contribution in [0.4, 0.5) is 0 Å². The van der Waals surface area contributed by atoms with Gasteiger partial charge in [0, 0.05) is 36.9 Å². The van der Waals surface area contributed by atoms with Crippen LogP contribution in [0.15, 0.2) is 16.0 Å². The van der Waals surface area contributed by atoms with Gasteiger partial charge in [0.25, 0.3) is 5.56 Å². The molecule has 1 aromatic heterocycles. The van der Waals surface area contributed by atoms with E-state index >= 15 is 0 Å². The largest absolute Gasteiger partial charge is 0.376 e. The van der Waals surface area contributed by atoms with Crippen LogP contribution in [0.5, 0.6) is 0 Å². The highest BCUT2D eigenvalue weighted by Gasteiger charge is 2.29. The van der Waals surface area contributed by atoms with Crippen LogP contribution in [0.3, 0.4) is 0 Å². The minimum absolute atomic E-state index is 0.00421. The molecule has 2 aliphatic rings. The lowest BCUT2D eigenvalue weighted by molar-refractivity contribution is -0.125. The maximum atomic E-state index is 12.4. The summed E-state index contributed by atoms with van der Waals surface area (Å²) < 4.78 is 7.15. The fraction of sp³-hybridized carbons (Fsp3) is 0.706. The summed E-state index contributed by atoms with van der Waals surface area (Å²) in [6, 6.07) is 1.59. The molecule has 6 nitrogen and oxygen atoms in total. The standard InChI is InChI=1S/C17H25N3O3S/c1-17(2,3)13-7-14(21)20-9-11(10-24-16(20)19-13)15(22)18-8-12-5-4-6-23-12/h7,11-12H,4-6,8-10H2,1-3H3,(H,18,22)/t11-,12+/m0/s1. The second-order valence-corrected chi connectivity index (χ2v) is 8.50. The van der Waals surface area contributed by atoms with Crippen LogP contribution in [-0.4, -0.2) is 40.5 Å². The van der Waals surface area contributed by atoms with E-state index in [-0.39, 0.29) is 28.9 Å². The summed E-state index contributed by atoms with van der Waals surface area (Å²) >= 11 is 1.49. The molecule has 1 aromatic rings. The maximum Gasteiger partial charge on any atom is 0.254 e. The van der Waals surface area contributed by atoms with Gasteiger partial charge in [0.05, 0.1) is 17.7 Å². The van der Waals surface area contributed by atoms with Gasteiger partial charge < -0.3 is 10.1 Å². The Labute approximate surface area is 146 Å². The number of aromatic nitrogens is 2. The SMILES string of the molecule is CC(C)(C)c1cc(=O)n2c(n1)SC[C@@H](C(=O)NC[C@H]1CCCO1)C2. The summed E-state index contributed by atoms with van der Waals surface area (Å²) in [5, 5.41) is 3.69. The van der Waals surface area contributed by atoms with Crippen molar-refractivity contribution in [1.82, 2.24) is 14.9 Å². The Kier molecular flexibility index (Phi) is 5.01. The van der Waals surface area contributed by atoms with Crippen LogP contribution in [0.2, 0.25) is 0 Å². The zero-order valence-electron chi connectivity index (χ0n) is 14.5. The minimum Gasteiger partial charge on any atom is -0.376 e. The number of carbonyl (C=O) groups excluding carboxylic acids is 1. The molecule has 0 radical (unpaired) electrons. The lowest BCUT2D eigenvalue weighted by atomic mass is 9.92. The average molecular weight is 351 g/mol. The van der Waals surface area contributed by atoms with E-state index in [1.807, 2.05) is 20.8 Å². The highest BCUT2D eigenvalue weighted by Crippen LogP contribution is 2.28. The van der Waals surface area contributed by atoms with E-state index in [4.69, 9.17) is 4.74 Å².